The molecule has 0 amide bonds. The van der Waals surface area contributed by atoms with E-state index in [0.717, 1.165) is 12.8 Å². The molecule has 96 valence electrons. The monoisotopic (exact) mass is 258 g/mol. The van der Waals surface area contributed by atoms with Crippen LogP contribution >= 0.6 is 0 Å². The first kappa shape index (κ1) is 12.5. The molecule has 1 saturated heterocycles. The molecule has 2 unspecified atom stereocenters. The molecule has 1 aromatic rings. The molecule has 2 atom stereocenters. The van der Waals surface area contributed by atoms with Gasteiger partial charge in [-0.15, -0.1) is 0 Å². The van der Waals surface area contributed by atoms with Gasteiger partial charge in [0.1, 0.15) is 4.90 Å². The van der Waals surface area contributed by atoms with Crippen molar-refractivity contribution in [2.75, 3.05) is 6.54 Å². The van der Waals surface area contributed by atoms with Gasteiger partial charge in [0.15, 0.2) is 0 Å². The molecule has 0 aliphatic carbocycles. The third kappa shape index (κ3) is 3.05. The van der Waals surface area contributed by atoms with E-state index in [-0.39, 0.29) is 10.9 Å². The maximum absolute atomic E-state index is 12.0. The molecular weight excluding hydrogens is 240 g/mol. The molecule has 0 bridgehead atoms. The average Bonchev–Trinajstić information content (AvgIpc) is 2.69. The summed E-state index contributed by atoms with van der Waals surface area (Å²) in [5.41, 5.74) is 0. The van der Waals surface area contributed by atoms with Crippen molar-refractivity contribution >= 4 is 10.0 Å². The lowest BCUT2D eigenvalue weighted by Crippen LogP contribution is -2.48. The second-order valence-electron chi connectivity index (χ2n) is 4.55. The number of aromatic nitrogens is 2. The smallest absolute Gasteiger partial charge is 0.243 e. The van der Waals surface area contributed by atoms with E-state index < -0.39 is 10.0 Å². The number of hydrogen-bond acceptors (Lipinski definition) is 4. The third-order valence-electron chi connectivity index (χ3n) is 2.97. The van der Waals surface area contributed by atoms with Crippen LogP contribution in [0.3, 0.4) is 0 Å². The zero-order valence-corrected chi connectivity index (χ0v) is 10.9. The van der Waals surface area contributed by atoms with Crippen LogP contribution in [0.15, 0.2) is 17.3 Å². The second-order valence-corrected chi connectivity index (χ2v) is 6.27. The topological polar surface area (TPSA) is 76.0 Å². The van der Waals surface area contributed by atoms with E-state index in [9.17, 15) is 8.42 Å². The van der Waals surface area contributed by atoms with Gasteiger partial charge >= 0.3 is 0 Å². The minimum atomic E-state index is -3.43. The molecule has 2 N–H and O–H groups in total. The van der Waals surface area contributed by atoms with Crippen molar-refractivity contribution in [3.63, 3.8) is 0 Å². The summed E-state index contributed by atoms with van der Waals surface area (Å²) in [5, 5.41) is 7.13. The molecule has 1 fully saturated rings. The largest absolute Gasteiger partial charge is 0.313 e. The summed E-state index contributed by atoms with van der Waals surface area (Å²) in [6.45, 7) is 2.78. The maximum atomic E-state index is 12.0. The number of nitrogens with one attached hydrogen (secondary N) is 2. The lowest BCUT2D eigenvalue weighted by atomic mass is 10.0. The van der Waals surface area contributed by atoms with Gasteiger partial charge < -0.3 is 5.32 Å². The number of rotatable bonds is 3. The van der Waals surface area contributed by atoms with E-state index in [4.69, 9.17) is 0 Å². The number of aryl methyl sites for hydroxylation is 1. The van der Waals surface area contributed by atoms with Crippen molar-refractivity contribution in [2.24, 2.45) is 7.05 Å². The highest BCUT2D eigenvalue weighted by Crippen LogP contribution is 2.12. The summed E-state index contributed by atoms with van der Waals surface area (Å²) in [4.78, 5) is 0.221. The average molecular weight is 258 g/mol. The Morgan fingerprint density at radius 3 is 2.82 bits per heavy atom. The van der Waals surface area contributed by atoms with E-state index in [1.165, 1.54) is 17.1 Å². The Morgan fingerprint density at radius 1 is 1.53 bits per heavy atom. The summed E-state index contributed by atoms with van der Waals surface area (Å²) in [6.07, 6.45) is 4.72. The molecule has 0 spiro atoms. The minimum absolute atomic E-state index is 0.0311. The van der Waals surface area contributed by atoms with Crippen molar-refractivity contribution in [3.8, 4) is 0 Å². The number of hydrogen-bond donors (Lipinski definition) is 2. The molecule has 0 radical (unpaired) electrons. The van der Waals surface area contributed by atoms with Crippen molar-refractivity contribution in [1.82, 2.24) is 19.8 Å². The molecule has 0 aromatic carbocycles. The molecule has 6 nitrogen and oxygen atoms in total. The van der Waals surface area contributed by atoms with Crippen LogP contribution in [0, 0.1) is 0 Å². The minimum Gasteiger partial charge on any atom is -0.313 e. The van der Waals surface area contributed by atoms with E-state index in [0.29, 0.717) is 12.6 Å². The van der Waals surface area contributed by atoms with Crippen LogP contribution in [0.25, 0.3) is 0 Å². The number of piperidine rings is 1. The number of sulfonamides is 1. The van der Waals surface area contributed by atoms with Gasteiger partial charge in [-0.25, -0.2) is 13.1 Å². The standard InChI is InChI=1S/C10H18N4O2S/c1-8-3-4-9(5-11-8)13-17(15,16)10-6-12-14(2)7-10/h6-9,11,13H,3-5H2,1-2H3. The summed E-state index contributed by atoms with van der Waals surface area (Å²) in [7, 11) is -1.73. The van der Waals surface area contributed by atoms with Gasteiger partial charge in [-0.3, -0.25) is 4.68 Å². The molecule has 1 aliphatic heterocycles. The van der Waals surface area contributed by atoms with Crippen LogP contribution in [0.1, 0.15) is 19.8 Å². The molecule has 2 heterocycles. The van der Waals surface area contributed by atoms with Crippen LogP contribution in [0.4, 0.5) is 0 Å². The van der Waals surface area contributed by atoms with Crippen molar-refractivity contribution in [1.29, 1.82) is 0 Å². The Kier molecular flexibility index (Phi) is 3.50. The first-order valence-corrected chi connectivity index (χ1v) is 7.20. The van der Waals surface area contributed by atoms with Crippen LogP contribution < -0.4 is 10.0 Å². The molecule has 0 saturated carbocycles. The molecule has 7 heteroatoms. The quantitative estimate of drug-likeness (QED) is 0.790. The Balaban J connectivity index is 2.03. The van der Waals surface area contributed by atoms with Gasteiger partial charge in [0.25, 0.3) is 0 Å². The van der Waals surface area contributed by atoms with Crippen LogP contribution in [-0.2, 0) is 17.1 Å². The van der Waals surface area contributed by atoms with Crippen molar-refractivity contribution in [3.05, 3.63) is 12.4 Å². The highest BCUT2D eigenvalue weighted by molar-refractivity contribution is 7.89. The van der Waals surface area contributed by atoms with Gasteiger partial charge in [-0.05, 0) is 19.8 Å². The summed E-state index contributed by atoms with van der Waals surface area (Å²) in [6, 6.07) is 0.436. The lowest BCUT2D eigenvalue weighted by Gasteiger charge is -2.27. The van der Waals surface area contributed by atoms with Crippen molar-refractivity contribution < 1.29 is 8.42 Å². The number of nitrogens with zero attached hydrogens (tertiary/aromatic N) is 2. The van der Waals surface area contributed by atoms with E-state index in [1.54, 1.807) is 7.05 Å². The molecule has 17 heavy (non-hydrogen) atoms. The Bertz CT molecular complexity index is 474. The van der Waals surface area contributed by atoms with E-state index >= 15 is 0 Å². The normalized spacial score (nSPS) is 26.0. The van der Waals surface area contributed by atoms with Crippen LogP contribution in [0.5, 0.6) is 0 Å². The fourth-order valence-electron chi connectivity index (χ4n) is 1.92. The molecule has 1 aliphatic rings. The SMILES string of the molecule is CC1CCC(NS(=O)(=O)c2cnn(C)c2)CN1. The summed E-state index contributed by atoms with van der Waals surface area (Å²) >= 11 is 0. The fraction of sp³-hybridized carbons (Fsp3) is 0.700. The van der Waals surface area contributed by atoms with E-state index in [2.05, 4.69) is 22.1 Å². The van der Waals surface area contributed by atoms with Gasteiger partial charge in [-0.1, -0.05) is 0 Å². The van der Waals surface area contributed by atoms with Gasteiger partial charge in [0.05, 0.1) is 6.20 Å². The van der Waals surface area contributed by atoms with Crippen LogP contribution in [-0.4, -0.2) is 36.8 Å². The second kappa shape index (κ2) is 4.75. The Hall–Kier alpha value is -0.920. The Morgan fingerprint density at radius 2 is 2.29 bits per heavy atom. The van der Waals surface area contributed by atoms with Gasteiger partial charge in [0.2, 0.25) is 10.0 Å². The van der Waals surface area contributed by atoms with Gasteiger partial charge in [0, 0.05) is 31.9 Å². The zero-order chi connectivity index (χ0) is 12.5. The first-order chi connectivity index (χ1) is 7.97. The third-order valence-corrected chi connectivity index (χ3v) is 4.45. The predicted octanol–water partition coefficient (Wildman–Crippen LogP) is -0.161. The van der Waals surface area contributed by atoms with Crippen molar-refractivity contribution in [2.45, 2.75) is 36.7 Å². The van der Waals surface area contributed by atoms with Crippen LogP contribution in [0.2, 0.25) is 0 Å². The lowest BCUT2D eigenvalue weighted by molar-refractivity contribution is 0.366. The molecule has 1 aromatic heterocycles. The highest BCUT2D eigenvalue weighted by atomic mass is 32.2. The molecular formula is C10H18N4O2S. The highest BCUT2D eigenvalue weighted by Gasteiger charge is 2.24. The summed E-state index contributed by atoms with van der Waals surface area (Å²) in [5.74, 6) is 0. The van der Waals surface area contributed by atoms with E-state index in [1.807, 2.05) is 0 Å². The Labute approximate surface area is 101 Å². The summed E-state index contributed by atoms with van der Waals surface area (Å²) < 4.78 is 28.2. The predicted molar refractivity (Wildman–Crippen MR) is 64.0 cm³/mol. The zero-order valence-electron chi connectivity index (χ0n) is 10.0. The molecule has 2 rings (SSSR count). The maximum Gasteiger partial charge on any atom is 0.243 e. The first-order valence-electron chi connectivity index (χ1n) is 5.72. The fourth-order valence-corrected chi connectivity index (χ4v) is 3.18. The van der Waals surface area contributed by atoms with Gasteiger partial charge in [-0.2, -0.15) is 5.10 Å².